The van der Waals surface area contributed by atoms with Crippen molar-refractivity contribution in [1.29, 1.82) is 0 Å². The summed E-state index contributed by atoms with van der Waals surface area (Å²) in [6.45, 7) is 8.00. The Morgan fingerprint density at radius 3 is 2.54 bits per heavy atom. The molecule has 196 valence electrons. The molecule has 1 aromatic heterocycles. The van der Waals surface area contributed by atoms with Gasteiger partial charge in [0.25, 0.3) is 5.01 Å². The van der Waals surface area contributed by atoms with E-state index in [-0.39, 0.29) is 5.41 Å². The van der Waals surface area contributed by atoms with Gasteiger partial charge >= 0.3 is 0 Å². The van der Waals surface area contributed by atoms with Gasteiger partial charge in [-0.2, -0.15) is 4.57 Å². The van der Waals surface area contributed by atoms with Crippen LogP contribution in [0.1, 0.15) is 48.4 Å². The summed E-state index contributed by atoms with van der Waals surface area (Å²) in [5.41, 5.74) is 8.03. The molecule has 1 atom stereocenters. The van der Waals surface area contributed by atoms with Gasteiger partial charge in [0.05, 0.1) is 0 Å². The fraction of sp³-hybridized carbons (Fsp3) is 0.250. The monoisotopic (exact) mass is 529 g/mol. The van der Waals surface area contributed by atoms with Crippen LogP contribution in [-0.2, 0) is 18.4 Å². The molecular formula is C36H37N2S+. The number of anilines is 1. The number of allylic oxidation sites excluding steroid dienone is 3. The Morgan fingerprint density at radius 2 is 1.69 bits per heavy atom. The Hall–Kier alpha value is -3.69. The number of benzene rings is 4. The highest BCUT2D eigenvalue weighted by Crippen LogP contribution is 2.52. The maximum atomic E-state index is 2.49. The van der Waals surface area contributed by atoms with Crippen molar-refractivity contribution in [1.82, 2.24) is 0 Å². The van der Waals surface area contributed by atoms with Crippen LogP contribution in [0.15, 0.2) is 103 Å². The van der Waals surface area contributed by atoms with Gasteiger partial charge in [0.15, 0.2) is 6.54 Å². The zero-order valence-corrected chi connectivity index (χ0v) is 24.3. The number of aromatic nitrogens is 1. The molecule has 1 unspecified atom stereocenters. The third-order valence-corrected chi connectivity index (χ3v) is 9.55. The summed E-state index contributed by atoms with van der Waals surface area (Å²) in [4.78, 5) is 2.42. The Balaban J connectivity index is 1.47. The van der Waals surface area contributed by atoms with Crippen molar-refractivity contribution in [3.63, 3.8) is 0 Å². The highest BCUT2D eigenvalue weighted by molar-refractivity contribution is 7.18. The second-order valence-electron chi connectivity index (χ2n) is 11.0. The molecule has 0 spiro atoms. The van der Waals surface area contributed by atoms with E-state index >= 15 is 0 Å². The first-order valence-electron chi connectivity index (χ1n) is 14.1. The third-order valence-electron chi connectivity index (χ3n) is 8.42. The summed E-state index contributed by atoms with van der Waals surface area (Å²) >= 11 is 1.88. The predicted octanol–water partition coefficient (Wildman–Crippen LogP) is 9.00. The van der Waals surface area contributed by atoms with Crippen molar-refractivity contribution < 1.29 is 4.57 Å². The molecule has 0 aliphatic carbocycles. The van der Waals surface area contributed by atoms with E-state index in [0.29, 0.717) is 0 Å². The number of hydrogen-bond donors (Lipinski definition) is 0. The van der Waals surface area contributed by atoms with Crippen LogP contribution in [0, 0.1) is 6.92 Å². The molecule has 4 aromatic carbocycles. The smallest absolute Gasteiger partial charge is 0.262 e. The minimum absolute atomic E-state index is 0.153. The molecule has 2 nitrogen and oxygen atoms in total. The number of para-hydroxylation sites is 1. The topological polar surface area (TPSA) is 7.12 Å². The summed E-state index contributed by atoms with van der Waals surface area (Å²) in [5.74, 6) is 0. The molecule has 39 heavy (non-hydrogen) atoms. The van der Waals surface area contributed by atoms with E-state index in [2.05, 4.69) is 140 Å². The van der Waals surface area contributed by atoms with E-state index in [1.807, 2.05) is 11.3 Å². The van der Waals surface area contributed by atoms with E-state index in [1.54, 1.807) is 0 Å². The molecule has 6 rings (SSSR count). The standard InChI is InChI=1S/C36H37N2S/c1-5-6-24-38-30-18-11-12-19-32(30)39-34(38)21-13-20-33-36(3,25-28-16-8-7-14-26(28)2)35-29-17-10-9-15-27(29)22-23-31(35)37(33)4/h7-23H,5-6,24-25H2,1-4H3/q+1. The molecule has 0 saturated carbocycles. The first kappa shape index (κ1) is 25.6. The summed E-state index contributed by atoms with van der Waals surface area (Å²) < 4.78 is 3.84. The molecule has 0 radical (unpaired) electrons. The molecule has 3 heteroatoms. The van der Waals surface area contributed by atoms with Gasteiger partial charge < -0.3 is 4.90 Å². The fourth-order valence-corrected chi connectivity index (χ4v) is 7.46. The van der Waals surface area contributed by atoms with Crippen molar-refractivity contribution in [3.8, 4) is 0 Å². The second kappa shape index (κ2) is 10.5. The fourth-order valence-electron chi connectivity index (χ4n) is 6.36. The van der Waals surface area contributed by atoms with Crippen LogP contribution in [0.25, 0.3) is 27.1 Å². The van der Waals surface area contributed by atoms with E-state index in [4.69, 9.17) is 0 Å². The second-order valence-corrected chi connectivity index (χ2v) is 12.1. The maximum Gasteiger partial charge on any atom is 0.262 e. The number of thiazole rings is 1. The Kier molecular flexibility index (Phi) is 6.86. The maximum absolute atomic E-state index is 2.49. The van der Waals surface area contributed by atoms with Gasteiger partial charge in [-0.15, -0.1) is 0 Å². The van der Waals surface area contributed by atoms with E-state index in [0.717, 1.165) is 13.0 Å². The minimum atomic E-state index is -0.153. The molecule has 0 bridgehead atoms. The molecule has 0 N–H and O–H groups in total. The highest BCUT2D eigenvalue weighted by Gasteiger charge is 2.43. The Labute approximate surface area is 236 Å². The van der Waals surface area contributed by atoms with Crippen molar-refractivity contribution in [3.05, 3.63) is 124 Å². The van der Waals surface area contributed by atoms with Gasteiger partial charge in [-0.3, -0.25) is 0 Å². The summed E-state index contributed by atoms with van der Waals surface area (Å²) in [6.07, 6.45) is 10.3. The van der Waals surface area contributed by atoms with Crippen LogP contribution in [0.5, 0.6) is 0 Å². The molecule has 2 heterocycles. The summed E-state index contributed by atoms with van der Waals surface area (Å²) in [5, 5.41) is 3.97. The average molecular weight is 530 g/mol. The van der Waals surface area contributed by atoms with Crippen LogP contribution >= 0.6 is 11.3 Å². The molecule has 1 aliphatic rings. The van der Waals surface area contributed by atoms with Crippen LogP contribution in [0.4, 0.5) is 5.69 Å². The number of rotatable bonds is 7. The van der Waals surface area contributed by atoms with E-state index < -0.39 is 0 Å². The lowest BCUT2D eigenvalue weighted by Crippen LogP contribution is -2.34. The van der Waals surface area contributed by atoms with Crippen LogP contribution in [0.2, 0.25) is 0 Å². The number of unbranched alkanes of at least 4 members (excludes halogenated alkanes) is 1. The van der Waals surface area contributed by atoms with Gasteiger partial charge in [-0.25, -0.2) is 0 Å². The highest BCUT2D eigenvalue weighted by atomic mass is 32.1. The first-order chi connectivity index (χ1) is 19.0. The van der Waals surface area contributed by atoms with Gasteiger partial charge in [0, 0.05) is 42.4 Å². The van der Waals surface area contributed by atoms with Gasteiger partial charge in [-0.1, -0.05) is 97.5 Å². The zero-order valence-electron chi connectivity index (χ0n) is 23.4. The number of aryl methyl sites for hydroxylation is 2. The van der Waals surface area contributed by atoms with Crippen molar-refractivity contribution in [2.24, 2.45) is 0 Å². The van der Waals surface area contributed by atoms with E-state index in [9.17, 15) is 0 Å². The molecular weight excluding hydrogens is 492 g/mol. The van der Waals surface area contributed by atoms with Gasteiger partial charge in [0.2, 0.25) is 5.52 Å². The quantitative estimate of drug-likeness (QED) is 0.191. The van der Waals surface area contributed by atoms with Crippen molar-refractivity contribution >= 4 is 44.1 Å². The third kappa shape index (κ3) is 4.49. The lowest BCUT2D eigenvalue weighted by atomic mass is 9.74. The average Bonchev–Trinajstić information content (AvgIpc) is 3.41. The SMILES string of the molecule is CCCC[n+]1c(C=CC=C2N(C)c3ccc4ccccc4c3C2(C)Cc2ccccc2C)sc2ccccc21. The molecule has 0 amide bonds. The van der Waals surface area contributed by atoms with Crippen LogP contribution in [0.3, 0.4) is 0 Å². The number of hydrogen-bond acceptors (Lipinski definition) is 2. The summed E-state index contributed by atoms with van der Waals surface area (Å²) in [7, 11) is 2.23. The number of fused-ring (bicyclic) bond motifs is 4. The molecule has 0 saturated heterocycles. The van der Waals surface area contributed by atoms with Gasteiger partial charge in [-0.05, 0) is 65.9 Å². The lowest BCUT2D eigenvalue weighted by molar-refractivity contribution is -0.669. The number of nitrogens with zero attached hydrogens (tertiary/aromatic N) is 2. The minimum Gasteiger partial charge on any atom is -0.347 e. The molecule has 0 fully saturated rings. The lowest BCUT2D eigenvalue weighted by Gasteiger charge is -2.30. The predicted molar refractivity (Wildman–Crippen MR) is 169 cm³/mol. The van der Waals surface area contributed by atoms with Gasteiger partial charge in [0.1, 0.15) is 4.70 Å². The van der Waals surface area contributed by atoms with Crippen LogP contribution < -0.4 is 9.47 Å². The van der Waals surface area contributed by atoms with E-state index in [1.165, 1.54) is 66.9 Å². The number of likely N-dealkylation sites (N-methyl/N-ethyl adjacent to an activating group) is 1. The van der Waals surface area contributed by atoms with Crippen molar-refractivity contribution in [2.75, 3.05) is 11.9 Å². The Morgan fingerprint density at radius 1 is 0.923 bits per heavy atom. The van der Waals surface area contributed by atoms with Crippen LogP contribution in [-0.4, -0.2) is 7.05 Å². The largest absolute Gasteiger partial charge is 0.347 e. The normalized spacial score (nSPS) is 18.2. The summed E-state index contributed by atoms with van der Waals surface area (Å²) in [6, 6.07) is 31.1. The first-order valence-corrected chi connectivity index (χ1v) is 14.9. The zero-order chi connectivity index (χ0) is 27.0. The molecule has 1 aliphatic heterocycles. The Bertz CT molecular complexity index is 1720. The van der Waals surface area contributed by atoms with Crippen molar-refractivity contribution in [2.45, 2.75) is 52.0 Å². The molecule has 5 aromatic rings.